The zero-order valence-electron chi connectivity index (χ0n) is 11.3. The Bertz CT molecular complexity index is 549. The predicted octanol–water partition coefficient (Wildman–Crippen LogP) is 5.18. The molecule has 20 heavy (non-hydrogen) atoms. The molecule has 0 aromatic heterocycles. The summed E-state index contributed by atoms with van der Waals surface area (Å²) >= 11 is 3.65. The van der Waals surface area contributed by atoms with Crippen molar-refractivity contribution in [2.75, 3.05) is 5.33 Å². The molecule has 3 atom stereocenters. The molecule has 0 N–H and O–H groups in total. The van der Waals surface area contributed by atoms with Gasteiger partial charge in [-0.2, -0.15) is 0 Å². The second-order valence-electron chi connectivity index (χ2n) is 5.66. The largest absolute Gasteiger partial charge is 0.207 e. The first-order chi connectivity index (χ1) is 9.78. The molecule has 0 amide bonds. The zero-order valence-corrected chi connectivity index (χ0v) is 12.9. The lowest BCUT2D eigenvalue weighted by molar-refractivity contribution is 0.506. The molecule has 0 saturated heterocycles. The van der Waals surface area contributed by atoms with Gasteiger partial charge >= 0.3 is 0 Å². The fraction of sp³-hybridized carbons (Fsp3) is 0.333. The summed E-state index contributed by atoms with van der Waals surface area (Å²) in [5.74, 6) is 1.93. The highest BCUT2D eigenvalue weighted by Crippen LogP contribution is 2.52. The standard InChI is InChI=1S/C18H18BrF/c19-12-15(10-13-6-8-16(20)9-7-13)18-11-17(18)14-4-2-1-3-5-14/h1-9,15,17-18H,10-12H2. The van der Waals surface area contributed by atoms with Crippen molar-refractivity contribution in [1.82, 2.24) is 0 Å². The van der Waals surface area contributed by atoms with E-state index in [2.05, 4.69) is 46.3 Å². The van der Waals surface area contributed by atoms with Crippen LogP contribution in [0, 0.1) is 17.7 Å². The number of halogens is 2. The van der Waals surface area contributed by atoms with E-state index in [0.29, 0.717) is 11.8 Å². The quantitative estimate of drug-likeness (QED) is 0.661. The number of hydrogen-bond acceptors (Lipinski definition) is 0. The molecule has 0 aliphatic heterocycles. The van der Waals surface area contributed by atoms with Gasteiger partial charge in [-0.3, -0.25) is 0 Å². The Balaban J connectivity index is 1.65. The van der Waals surface area contributed by atoms with Crippen molar-refractivity contribution in [1.29, 1.82) is 0 Å². The molecule has 1 saturated carbocycles. The van der Waals surface area contributed by atoms with Crippen LogP contribution in [0.4, 0.5) is 4.39 Å². The van der Waals surface area contributed by atoms with Crippen molar-refractivity contribution in [3.8, 4) is 0 Å². The van der Waals surface area contributed by atoms with Crippen molar-refractivity contribution >= 4 is 15.9 Å². The SMILES string of the molecule is Fc1ccc(CC(CBr)C2CC2c2ccccc2)cc1. The van der Waals surface area contributed by atoms with Gasteiger partial charge in [0.25, 0.3) is 0 Å². The number of alkyl halides is 1. The fourth-order valence-corrected chi connectivity index (χ4v) is 3.77. The van der Waals surface area contributed by atoms with E-state index in [-0.39, 0.29) is 5.82 Å². The van der Waals surface area contributed by atoms with Gasteiger partial charge in [0.15, 0.2) is 0 Å². The minimum absolute atomic E-state index is 0.155. The van der Waals surface area contributed by atoms with Crippen LogP contribution in [-0.2, 0) is 6.42 Å². The van der Waals surface area contributed by atoms with Crippen LogP contribution in [0.25, 0.3) is 0 Å². The minimum Gasteiger partial charge on any atom is -0.207 e. The van der Waals surface area contributed by atoms with E-state index in [9.17, 15) is 4.39 Å². The van der Waals surface area contributed by atoms with Crippen LogP contribution in [-0.4, -0.2) is 5.33 Å². The Kier molecular flexibility index (Phi) is 4.21. The fourth-order valence-electron chi connectivity index (χ4n) is 3.06. The highest BCUT2D eigenvalue weighted by atomic mass is 79.9. The van der Waals surface area contributed by atoms with Crippen molar-refractivity contribution in [2.45, 2.75) is 18.8 Å². The van der Waals surface area contributed by atoms with E-state index in [0.717, 1.165) is 17.7 Å². The van der Waals surface area contributed by atoms with Gasteiger partial charge in [0.1, 0.15) is 5.82 Å². The third-order valence-corrected chi connectivity index (χ3v) is 5.11. The van der Waals surface area contributed by atoms with Gasteiger partial charge in [-0.1, -0.05) is 58.4 Å². The summed E-state index contributed by atoms with van der Waals surface area (Å²) in [6.45, 7) is 0. The average molecular weight is 333 g/mol. The summed E-state index contributed by atoms with van der Waals surface area (Å²) < 4.78 is 13.0. The van der Waals surface area contributed by atoms with Gasteiger partial charge in [0, 0.05) is 5.33 Å². The maximum absolute atomic E-state index is 13.0. The molecule has 104 valence electrons. The first-order valence-electron chi connectivity index (χ1n) is 7.13. The van der Waals surface area contributed by atoms with Crippen LogP contribution in [0.1, 0.15) is 23.5 Å². The first-order valence-corrected chi connectivity index (χ1v) is 8.25. The van der Waals surface area contributed by atoms with E-state index < -0.39 is 0 Å². The molecule has 1 fully saturated rings. The van der Waals surface area contributed by atoms with Crippen LogP contribution in [0.5, 0.6) is 0 Å². The topological polar surface area (TPSA) is 0 Å². The molecular formula is C18H18BrF. The van der Waals surface area contributed by atoms with E-state index in [1.165, 1.54) is 17.5 Å². The summed E-state index contributed by atoms with van der Waals surface area (Å²) in [6, 6.07) is 17.7. The smallest absolute Gasteiger partial charge is 0.123 e. The number of benzene rings is 2. The van der Waals surface area contributed by atoms with Crippen molar-refractivity contribution < 1.29 is 4.39 Å². The molecule has 0 radical (unpaired) electrons. The molecule has 1 aliphatic carbocycles. The van der Waals surface area contributed by atoms with Crippen molar-refractivity contribution in [3.05, 3.63) is 71.5 Å². The molecule has 3 rings (SSSR count). The number of rotatable bonds is 5. The first kappa shape index (κ1) is 13.8. The number of hydrogen-bond donors (Lipinski definition) is 0. The maximum Gasteiger partial charge on any atom is 0.123 e. The Labute approximate surface area is 128 Å². The van der Waals surface area contributed by atoms with Gasteiger partial charge < -0.3 is 0 Å². The Morgan fingerprint density at radius 2 is 1.75 bits per heavy atom. The highest BCUT2D eigenvalue weighted by molar-refractivity contribution is 9.09. The van der Waals surface area contributed by atoms with Crippen LogP contribution >= 0.6 is 15.9 Å². The van der Waals surface area contributed by atoms with E-state index in [1.54, 1.807) is 12.1 Å². The van der Waals surface area contributed by atoms with Crippen LogP contribution in [0.15, 0.2) is 54.6 Å². The molecule has 0 heterocycles. The summed E-state index contributed by atoms with van der Waals surface area (Å²) in [4.78, 5) is 0. The molecule has 1 aliphatic rings. The van der Waals surface area contributed by atoms with Crippen molar-refractivity contribution in [2.24, 2.45) is 11.8 Å². The predicted molar refractivity (Wildman–Crippen MR) is 84.7 cm³/mol. The average Bonchev–Trinajstić information content (AvgIpc) is 3.28. The molecule has 2 aromatic carbocycles. The zero-order chi connectivity index (χ0) is 13.9. The van der Waals surface area contributed by atoms with Gasteiger partial charge in [-0.05, 0) is 53.9 Å². The maximum atomic E-state index is 13.0. The van der Waals surface area contributed by atoms with Crippen molar-refractivity contribution in [3.63, 3.8) is 0 Å². The molecule has 2 heteroatoms. The van der Waals surface area contributed by atoms with Gasteiger partial charge in [0.2, 0.25) is 0 Å². The lowest BCUT2D eigenvalue weighted by Crippen LogP contribution is -2.10. The molecule has 2 aromatic rings. The van der Waals surface area contributed by atoms with E-state index >= 15 is 0 Å². The Hall–Kier alpha value is -1.15. The monoisotopic (exact) mass is 332 g/mol. The van der Waals surface area contributed by atoms with Crippen LogP contribution < -0.4 is 0 Å². The van der Waals surface area contributed by atoms with Gasteiger partial charge in [-0.25, -0.2) is 4.39 Å². The van der Waals surface area contributed by atoms with Crippen LogP contribution in [0.2, 0.25) is 0 Å². The third-order valence-electron chi connectivity index (χ3n) is 4.28. The molecule has 0 nitrogen and oxygen atoms in total. The van der Waals surface area contributed by atoms with Gasteiger partial charge in [-0.15, -0.1) is 0 Å². The summed E-state index contributed by atoms with van der Waals surface area (Å²) in [5.41, 5.74) is 2.69. The summed E-state index contributed by atoms with van der Waals surface area (Å²) in [7, 11) is 0. The second-order valence-corrected chi connectivity index (χ2v) is 6.31. The normalized spacial score (nSPS) is 22.5. The minimum atomic E-state index is -0.155. The van der Waals surface area contributed by atoms with E-state index in [1.807, 2.05) is 12.1 Å². The Morgan fingerprint density at radius 1 is 1.05 bits per heavy atom. The van der Waals surface area contributed by atoms with Gasteiger partial charge in [0.05, 0.1) is 0 Å². The third kappa shape index (κ3) is 3.12. The lowest BCUT2D eigenvalue weighted by atomic mass is 9.94. The molecule has 0 spiro atoms. The second kappa shape index (κ2) is 6.09. The summed E-state index contributed by atoms with van der Waals surface area (Å²) in [6.07, 6.45) is 2.31. The summed E-state index contributed by atoms with van der Waals surface area (Å²) in [5, 5.41) is 1.01. The lowest BCUT2D eigenvalue weighted by Gasteiger charge is -2.14. The Morgan fingerprint density at radius 3 is 2.40 bits per heavy atom. The van der Waals surface area contributed by atoms with Crippen LogP contribution in [0.3, 0.4) is 0 Å². The highest BCUT2D eigenvalue weighted by Gasteiger charge is 2.42. The molecular weight excluding hydrogens is 315 g/mol. The van der Waals surface area contributed by atoms with E-state index in [4.69, 9.17) is 0 Å². The molecule has 3 unspecified atom stereocenters. The molecule has 0 bridgehead atoms.